The fourth-order valence-electron chi connectivity index (χ4n) is 0.170. The summed E-state index contributed by atoms with van der Waals surface area (Å²) in [6.45, 7) is 4.24. The maximum absolute atomic E-state index is 4.42. The molecule has 3 radical (unpaired) electrons. The first-order valence-corrected chi connectivity index (χ1v) is 1.34. The SMILES string of the molecule is [C]1O[CH]CO1. The second-order valence-corrected chi connectivity index (χ2v) is 0.679. The highest BCUT2D eigenvalue weighted by Gasteiger charge is 1.98. The minimum Gasteiger partial charge on any atom is -0.338 e. The van der Waals surface area contributed by atoms with Gasteiger partial charge >= 0.3 is 0 Å². The van der Waals surface area contributed by atoms with E-state index in [4.69, 9.17) is 0 Å². The Hall–Kier alpha value is -0.0800. The van der Waals surface area contributed by atoms with E-state index < -0.39 is 0 Å². The van der Waals surface area contributed by atoms with Crippen LogP contribution in [0, 0.1) is 13.4 Å². The third kappa shape index (κ3) is 0.597. The van der Waals surface area contributed by atoms with Gasteiger partial charge in [0.05, 0.1) is 6.61 Å². The van der Waals surface area contributed by atoms with Crippen LogP contribution in [0.15, 0.2) is 0 Å². The van der Waals surface area contributed by atoms with Crippen LogP contribution >= 0.6 is 0 Å². The van der Waals surface area contributed by atoms with Crippen molar-refractivity contribution in [2.75, 3.05) is 6.61 Å². The molecule has 0 N–H and O–H groups in total. The van der Waals surface area contributed by atoms with Crippen LogP contribution in [-0.4, -0.2) is 6.61 Å². The van der Waals surface area contributed by atoms with E-state index in [9.17, 15) is 0 Å². The lowest BCUT2D eigenvalue weighted by Gasteiger charge is -1.70. The van der Waals surface area contributed by atoms with Gasteiger partial charge in [-0.05, 0) is 0 Å². The van der Waals surface area contributed by atoms with Crippen molar-refractivity contribution in [3.63, 3.8) is 0 Å². The first kappa shape index (κ1) is 3.12. The first-order valence-electron chi connectivity index (χ1n) is 1.34. The number of ether oxygens (including phenoxy) is 2. The van der Waals surface area contributed by atoms with Gasteiger partial charge in [-0.15, -0.1) is 0 Å². The Morgan fingerprint density at radius 3 is 3.00 bits per heavy atom. The van der Waals surface area contributed by atoms with E-state index in [-0.39, 0.29) is 0 Å². The molecule has 1 fully saturated rings. The molecule has 2 nitrogen and oxygen atoms in total. The van der Waals surface area contributed by atoms with Gasteiger partial charge in [0.15, 0.2) is 0 Å². The molecule has 0 aromatic carbocycles. The van der Waals surface area contributed by atoms with Gasteiger partial charge in [-0.25, -0.2) is 0 Å². The molecule has 27 valence electrons. The van der Waals surface area contributed by atoms with Gasteiger partial charge in [0.2, 0.25) is 0 Å². The summed E-state index contributed by atoms with van der Waals surface area (Å²) < 4.78 is 8.76. The number of rotatable bonds is 0. The predicted molar refractivity (Wildman–Crippen MR) is 14.6 cm³/mol. The average Bonchev–Trinajstić information content (AvgIpc) is 1.76. The molecule has 0 saturated carbocycles. The molecular weight excluding hydrogens is 68.0 g/mol. The molecule has 5 heavy (non-hydrogen) atoms. The summed E-state index contributed by atoms with van der Waals surface area (Å²) in [5.74, 6) is 0. The third-order valence-corrected chi connectivity index (χ3v) is 0.342. The highest BCUT2D eigenvalue weighted by Crippen LogP contribution is 1.97. The third-order valence-electron chi connectivity index (χ3n) is 0.342. The van der Waals surface area contributed by atoms with E-state index in [2.05, 4.69) is 16.3 Å². The zero-order valence-corrected chi connectivity index (χ0v) is 2.60. The summed E-state index contributed by atoms with van der Waals surface area (Å²) in [5, 5.41) is 0. The zero-order valence-electron chi connectivity index (χ0n) is 2.60. The van der Waals surface area contributed by atoms with Gasteiger partial charge in [0, 0.05) is 0 Å². The molecule has 1 saturated heterocycles. The summed E-state index contributed by atoms with van der Waals surface area (Å²) in [7, 11) is 0. The number of hydrogen-bond donors (Lipinski definition) is 0. The minimum absolute atomic E-state index is 0.542. The van der Waals surface area contributed by atoms with E-state index >= 15 is 0 Å². The van der Waals surface area contributed by atoms with Crippen molar-refractivity contribution in [1.82, 2.24) is 0 Å². The molecular formula is C3H3O2. The molecule has 0 spiro atoms. The number of hydrogen-bond acceptors (Lipinski definition) is 2. The lowest BCUT2D eigenvalue weighted by Crippen LogP contribution is -1.70. The van der Waals surface area contributed by atoms with Gasteiger partial charge in [0.25, 0.3) is 6.79 Å². The van der Waals surface area contributed by atoms with Crippen LogP contribution in [-0.2, 0) is 9.47 Å². The van der Waals surface area contributed by atoms with E-state index in [1.807, 2.05) is 0 Å². The molecule has 0 bridgehead atoms. The summed E-state index contributed by atoms with van der Waals surface area (Å²) in [5.41, 5.74) is 0. The summed E-state index contributed by atoms with van der Waals surface area (Å²) >= 11 is 0. The summed E-state index contributed by atoms with van der Waals surface area (Å²) in [6.07, 6.45) is 0. The fraction of sp³-hybridized carbons (Fsp3) is 0.333. The largest absolute Gasteiger partial charge is 0.338 e. The van der Waals surface area contributed by atoms with Gasteiger partial charge < -0.3 is 9.47 Å². The van der Waals surface area contributed by atoms with Crippen molar-refractivity contribution in [2.24, 2.45) is 0 Å². The lowest BCUT2D eigenvalue weighted by molar-refractivity contribution is 0.169. The maximum Gasteiger partial charge on any atom is 0.292 e. The normalized spacial score (nSPS) is 24.0. The second kappa shape index (κ2) is 1.38. The van der Waals surface area contributed by atoms with E-state index in [0.29, 0.717) is 6.61 Å². The van der Waals surface area contributed by atoms with E-state index in [1.165, 1.54) is 6.61 Å². The van der Waals surface area contributed by atoms with Crippen molar-refractivity contribution < 1.29 is 9.47 Å². The Morgan fingerprint density at radius 1 is 1.80 bits per heavy atom. The maximum atomic E-state index is 4.42. The molecule has 0 aromatic rings. The molecule has 0 aromatic heterocycles. The Morgan fingerprint density at radius 2 is 2.80 bits per heavy atom. The smallest absolute Gasteiger partial charge is 0.292 e. The van der Waals surface area contributed by atoms with Gasteiger partial charge in [0.1, 0.15) is 6.61 Å². The van der Waals surface area contributed by atoms with Gasteiger partial charge in [-0.2, -0.15) is 0 Å². The standard InChI is InChI=1S/C3H3O2/c1-2-5-3-4-1/h1H,2H2. The van der Waals surface area contributed by atoms with Crippen LogP contribution < -0.4 is 0 Å². The van der Waals surface area contributed by atoms with Gasteiger partial charge in [-0.1, -0.05) is 0 Å². The van der Waals surface area contributed by atoms with Crippen molar-refractivity contribution >= 4 is 0 Å². The van der Waals surface area contributed by atoms with Crippen LogP contribution in [0.2, 0.25) is 0 Å². The molecule has 1 heterocycles. The minimum atomic E-state index is 0.542. The molecule has 1 aliphatic heterocycles. The Balaban J connectivity index is 2.08. The Bertz CT molecular complexity index is 16.5. The average molecular weight is 71.1 g/mol. The predicted octanol–water partition coefficient (Wildman–Crippen LogP) is 0.191. The summed E-state index contributed by atoms with van der Waals surface area (Å²) in [6, 6.07) is 0. The van der Waals surface area contributed by atoms with Crippen LogP contribution in [0.5, 0.6) is 0 Å². The second-order valence-electron chi connectivity index (χ2n) is 0.679. The Labute approximate surface area is 30.7 Å². The van der Waals surface area contributed by atoms with Crippen LogP contribution in [0.4, 0.5) is 0 Å². The van der Waals surface area contributed by atoms with E-state index in [0.717, 1.165) is 0 Å². The zero-order chi connectivity index (χ0) is 3.54. The molecule has 0 unspecified atom stereocenters. The van der Waals surface area contributed by atoms with Crippen LogP contribution in [0.1, 0.15) is 0 Å². The lowest BCUT2D eigenvalue weighted by atomic mass is 10.8. The topological polar surface area (TPSA) is 18.5 Å². The molecule has 2 heteroatoms. The highest BCUT2D eigenvalue weighted by molar-refractivity contribution is 4.55. The molecule has 1 rings (SSSR count). The van der Waals surface area contributed by atoms with Crippen LogP contribution in [0.25, 0.3) is 0 Å². The molecule has 0 atom stereocenters. The van der Waals surface area contributed by atoms with Crippen LogP contribution in [0.3, 0.4) is 0 Å². The van der Waals surface area contributed by atoms with Gasteiger partial charge in [-0.3, -0.25) is 0 Å². The van der Waals surface area contributed by atoms with E-state index in [1.54, 1.807) is 0 Å². The molecule has 0 aliphatic carbocycles. The molecule has 1 aliphatic rings. The van der Waals surface area contributed by atoms with Crippen molar-refractivity contribution in [3.05, 3.63) is 13.4 Å². The van der Waals surface area contributed by atoms with Crippen molar-refractivity contribution in [2.45, 2.75) is 0 Å². The Kier molecular flexibility index (Phi) is 0.862. The monoisotopic (exact) mass is 71.0 g/mol. The summed E-state index contributed by atoms with van der Waals surface area (Å²) in [4.78, 5) is 0. The fourth-order valence-corrected chi connectivity index (χ4v) is 0.170. The van der Waals surface area contributed by atoms with Crippen molar-refractivity contribution in [3.8, 4) is 0 Å². The first-order chi connectivity index (χ1) is 2.50. The quantitative estimate of drug-likeness (QED) is 0.406. The highest BCUT2D eigenvalue weighted by atomic mass is 16.7. The van der Waals surface area contributed by atoms with Crippen molar-refractivity contribution in [1.29, 1.82) is 0 Å². The molecule has 0 amide bonds.